The predicted octanol–water partition coefficient (Wildman–Crippen LogP) is 3.98. The van der Waals surface area contributed by atoms with Crippen molar-refractivity contribution in [3.05, 3.63) is 57.6 Å². The van der Waals surface area contributed by atoms with Crippen LogP contribution in [0.3, 0.4) is 0 Å². The molecule has 0 radical (unpaired) electrons. The molecule has 5 rings (SSSR count). The maximum Gasteiger partial charge on any atom is 0.254 e. The number of benzene rings is 2. The van der Waals surface area contributed by atoms with Crippen molar-refractivity contribution < 1.29 is 14.3 Å². The molecule has 0 unspecified atom stereocenters. The van der Waals surface area contributed by atoms with Crippen molar-refractivity contribution in [2.24, 2.45) is 0 Å². The van der Waals surface area contributed by atoms with Crippen LogP contribution in [0.1, 0.15) is 51.0 Å². The van der Waals surface area contributed by atoms with Gasteiger partial charge in [-0.25, -0.2) is 0 Å². The number of rotatable bonds is 4. The van der Waals surface area contributed by atoms with Crippen LogP contribution < -0.4 is 9.47 Å². The molecule has 0 N–H and O–H groups in total. The van der Waals surface area contributed by atoms with Gasteiger partial charge < -0.3 is 14.4 Å². The van der Waals surface area contributed by atoms with Crippen LogP contribution in [-0.4, -0.2) is 30.1 Å². The van der Waals surface area contributed by atoms with Gasteiger partial charge in [-0.1, -0.05) is 6.07 Å². The first-order chi connectivity index (χ1) is 13.1. The number of carbonyl (C=O) groups is 1. The number of amides is 1. The van der Waals surface area contributed by atoms with E-state index in [1.54, 1.807) is 0 Å². The predicted molar refractivity (Wildman–Crippen MR) is 104 cm³/mol. The minimum absolute atomic E-state index is 0.129. The van der Waals surface area contributed by atoms with Crippen LogP contribution >= 0.6 is 0 Å². The average Bonchev–Trinajstić information content (AvgIpc) is 3.20. The number of ether oxygens (including phenoxy) is 2. The molecule has 1 amide bonds. The Hall–Kier alpha value is -2.49. The lowest BCUT2D eigenvalue weighted by Gasteiger charge is -2.25. The Morgan fingerprint density at radius 1 is 1.07 bits per heavy atom. The number of nitrogens with zero attached hydrogens (tertiary/aromatic N) is 1. The maximum absolute atomic E-state index is 13.3. The first-order valence-electron chi connectivity index (χ1n) is 9.93. The molecule has 2 heterocycles. The second kappa shape index (κ2) is 6.29. The van der Waals surface area contributed by atoms with Gasteiger partial charge in [0.15, 0.2) is 0 Å². The summed E-state index contributed by atoms with van der Waals surface area (Å²) in [6.45, 7) is 6.21. The summed E-state index contributed by atoms with van der Waals surface area (Å²) in [6, 6.07) is 8.50. The van der Waals surface area contributed by atoms with Crippen molar-refractivity contribution in [1.29, 1.82) is 0 Å². The van der Waals surface area contributed by atoms with E-state index >= 15 is 0 Å². The van der Waals surface area contributed by atoms with Gasteiger partial charge in [0, 0.05) is 41.1 Å². The van der Waals surface area contributed by atoms with Crippen LogP contribution in [-0.2, 0) is 19.4 Å². The Kier molecular flexibility index (Phi) is 3.88. The van der Waals surface area contributed by atoms with E-state index < -0.39 is 0 Å². The van der Waals surface area contributed by atoms with Crippen LogP contribution in [0.15, 0.2) is 24.3 Å². The second-order valence-corrected chi connectivity index (χ2v) is 7.98. The van der Waals surface area contributed by atoms with Crippen molar-refractivity contribution >= 4 is 5.91 Å². The van der Waals surface area contributed by atoms with E-state index in [9.17, 15) is 4.79 Å². The van der Waals surface area contributed by atoms with Crippen molar-refractivity contribution in [2.45, 2.75) is 52.1 Å². The summed E-state index contributed by atoms with van der Waals surface area (Å²) >= 11 is 0. The summed E-state index contributed by atoms with van der Waals surface area (Å²) in [4.78, 5) is 15.4. The van der Waals surface area contributed by atoms with E-state index in [0.29, 0.717) is 12.6 Å². The SMILES string of the molecule is Cc1ccc(C(=O)N(Cc2c3c(cc4c2OCC4)OCC3)C2CC2)cc1C. The number of fused-ring (bicyclic) bond motifs is 2. The summed E-state index contributed by atoms with van der Waals surface area (Å²) < 4.78 is 11.8. The van der Waals surface area contributed by atoms with Gasteiger partial charge in [-0.05, 0) is 56.0 Å². The fourth-order valence-electron chi connectivity index (χ4n) is 4.22. The highest BCUT2D eigenvalue weighted by atomic mass is 16.5. The number of hydrogen-bond acceptors (Lipinski definition) is 3. The molecule has 1 fully saturated rings. The Bertz CT molecular complexity index is 897. The monoisotopic (exact) mass is 363 g/mol. The van der Waals surface area contributed by atoms with Gasteiger partial charge in [-0.3, -0.25) is 4.79 Å². The van der Waals surface area contributed by atoms with E-state index in [1.165, 1.54) is 22.3 Å². The van der Waals surface area contributed by atoms with Crippen LogP contribution in [0.4, 0.5) is 0 Å². The Morgan fingerprint density at radius 2 is 1.89 bits per heavy atom. The van der Waals surface area contributed by atoms with E-state index in [-0.39, 0.29) is 5.91 Å². The molecule has 2 aromatic carbocycles. The zero-order chi connectivity index (χ0) is 18.5. The molecule has 4 heteroatoms. The number of aryl methyl sites for hydroxylation is 2. The quantitative estimate of drug-likeness (QED) is 0.825. The first kappa shape index (κ1) is 16.7. The lowest BCUT2D eigenvalue weighted by atomic mass is 9.98. The minimum Gasteiger partial charge on any atom is -0.493 e. The standard InChI is InChI=1S/C23H25NO3/c1-14-3-4-17(11-15(14)2)23(25)24(18-5-6-18)13-20-19-8-10-26-21(19)12-16-7-9-27-22(16)20/h3-4,11-12,18H,5-10,13H2,1-2H3. The van der Waals surface area contributed by atoms with Crippen molar-refractivity contribution in [1.82, 2.24) is 4.90 Å². The molecule has 0 bridgehead atoms. The summed E-state index contributed by atoms with van der Waals surface area (Å²) in [5, 5.41) is 0. The minimum atomic E-state index is 0.129. The van der Waals surface area contributed by atoms with Gasteiger partial charge in [0.2, 0.25) is 0 Å². The zero-order valence-electron chi connectivity index (χ0n) is 16.0. The third kappa shape index (κ3) is 2.88. The maximum atomic E-state index is 13.3. The Balaban J connectivity index is 1.51. The molecule has 3 aliphatic rings. The molecule has 0 aromatic heterocycles. The van der Waals surface area contributed by atoms with Gasteiger partial charge in [0.25, 0.3) is 5.91 Å². The van der Waals surface area contributed by atoms with Crippen LogP contribution in [0.25, 0.3) is 0 Å². The van der Waals surface area contributed by atoms with Gasteiger partial charge in [-0.15, -0.1) is 0 Å². The fourth-order valence-corrected chi connectivity index (χ4v) is 4.22. The summed E-state index contributed by atoms with van der Waals surface area (Å²) in [5.41, 5.74) is 6.78. The lowest BCUT2D eigenvalue weighted by Crippen LogP contribution is -2.33. The molecule has 1 aliphatic carbocycles. The molecule has 140 valence electrons. The van der Waals surface area contributed by atoms with Crippen molar-refractivity contribution in [2.75, 3.05) is 13.2 Å². The molecular weight excluding hydrogens is 338 g/mol. The third-order valence-corrected chi connectivity index (χ3v) is 6.09. The number of hydrogen-bond donors (Lipinski definition) is 0. The summed E-state index contributed by atoms with van der Waals surface area (Å²) in [6.07, 6.45) is 4.00. The lowest BCUT2D eigenvalue weighted by molar-refractivity contribution is 0.0728. The van der Waals surface area contributed by atoms with Gasteiger partial charge in [0.05, 0.1) is 19.8 Å². The second-order valence-electron chi connectivity index (χ2n) is 7.98. The first-order valence-corrected chi connectivity index (χ1v) is 9.93. The molecule has 0 spiro atoms. The molecule has 0 atom stereocenters. The molecular formula is C23H25NO3. The van der Waals surface area contributed by atoms with E-state index in [1.807, 2.05) is 18.2 Å². The largest absolute Gasteiger partial charge is 0.493 e. The molecule has 0 saturated heterocycles. The summed E-state index contributed by atoms with van der Waals surface area (Å²) in [7, 11) is 0. The van der Waals surface area contributed by atoms with E-state index in [4.69, 9.17) is 9.47 Å². The molecule has 1 saturated carbocycles. The average molecular weight is 363 g/mol. The van der Waals surface area contributed by atoms with Crippen molar-refractivity contribution in [3.8, 4) is 11.5 Å². The highest BCUT2D eigenvalue weighted by Gasteiger charge is 2.36. The summed E-state index contributed by atoms with van der Waals surface area (Å²) in [5.74, 6) is 2.12. The van der Waals surface area contributed by atoms with Gasteiger partial charge in [0.1, 0.15) is 11.5 Å². The third-order valence-electron chi connectivity index (χ3n) is 6.09. The topological polar surface area (TPSA) is 38.8 Å². The number of carbonyl (C=O) groups excluding carboxylic acids is 1. The van der Waals surface area contributed by atoms with Gasteiger partial charge >= 0.3 is 0 Å². The van der Waals surface area contributed by atoms with Crippen LogP contribution in [0, 0.1) is 13.8 Å². The molecule has 4 nitrogen and oxygen atoms in total. The zero-order valence-corrected chi connectivity index (χ0v) is 16.0. The molecule has 2 aliphatic heterocycles. The van der Waals surface area contributed by atoms with E-state index in [0.717, 1.165) is 61.5 Å². The molecule has 2 aromatic rings. The normalized spacial score (nSPS) is 17.1. The van der Waals surface area contributed by atoms with Crippen LogP contribution in [0.2, 0.25) is 0 Å². The van der Waals surface area contributed by atoms with E-state index in [2.05, 4.69) is 24.8 Å². The van der Waals surface area contributed by atoms with Crippen LogP contribution in [0.5, 0.6) is 11.5 Å². The highest BCUT2D eigenvalue weighted by Crippen LogP contribution is 2.42. The highest BCUT2D eigenvalue weighted by molar-refractivity contribution is 5.95. The smallest absolute Gasteiger partial charge is 0.254 e. The van der Waals surface area contributed by atoms with Gasteiger partial charge in [-0.2, -0.15) is 0 Å². The molecule has 27 heavy (non-hydrogen) atoms. The Labute approximate surface area is 160 Å². The fraction of sp³-hybridized carbons (Fsp3) is 0.435. The Morgan fingerprint density at radius 3 is 2.67 bits per heavy atom. The van der Waals surface area contributed by atoms with Crippen molar-refractivity contribution in [3.63, 3.8) is 0 Å².